The number of methoxy groups -OCH3 is 1. The number of hydrogen-bond acceptors (Lipinski definition) is 5. The van der Waals surface area contributed by atoms with E-state index in [9.17, 15) is 9.59 Å². The third-order valence-electron chi connectivity index (χ3n) is 6.24. The van der Waals surface area contributed by atoms with Crippen LogP contribution in [0.15, 0.2) is 42.5 Å². The number of nitrogens with zero attached hydrogens (tertiary/aromatic N) is 3. The topological polar surface area (TPSA) is 65.1 Å². The van der Waals surface area contributed by atoms with Crippen LogP contribution >= 0.6 is 11.6 Å². The summed E-state index contributed by atoms with van der Waals surface area (Å²) in [6.45, 7) is 7.30. The number of amides is 2. The SMILES string of the molecule is CCN1CCN(c2ccc(Cl)cc2NC(=O)C2CC(=O)N(c3cccc(OC)c3)C2)CC1. The minimum Gasteiger partial charge on any atom is -0.497 e. The first-order chi connectivity index (χ1) is 15.5. The molecule has 2 aliphatic heterocycles. The predicted octanol–water partition coefficient (Wildman–Crippen LogP) is 3.48. The Morgan fingerprint density at radius 1 is 1.16 bits per heavy atom. The first-order valence-electron chi connectivity index (χ1n) is 11.0. The number of ether oxygens (including phenoxy) is 1. The lowest BCUT2D eigenvalue weighted by Crippen LogP contribution is -2.46. The number of piperazine rings is 1. The Bertz CT molecular complexity index is 991. The van der Waals surface area contributed by atoms with Crippen molar-refractivity contribution in [3.05, 3.63) is 47.5 Å². The molecule has 170 valence electrons. The van der Waals surface area contributed by atoms with Crippen molar-refractivity contribution in [1.29, 1.82) is 0 Å². The van der Waals surface area contributed by atoms with Crippen LogP contribution in [0.1, 0.15) is 13.3 Å². The molecule has 1 N–H and O–H groups in total. The Labute approximate surface area is 193 Å². The number of hydrogen-bond donors (Lipinski definition) is 1. The fourth-order valence-electron chi connectivity index (χ4n) is 4.34. The number of halogens is 1. The zero-order valence-corrected chi connectivity index (χ0v) is 19.3. The van der Waals surface area contributed by atoms with E-state index in [4.69, 9.17) is 16.3 Å². The van der Waals surface area contributed by atoms with Crippen LogP contribution in [0.3, 0.4) is 0 Å². The lowest BCUT2D eigenvalue weighted by atomic mass is 10.1. The molecule has 0 saturated carbocycles. The Morgan fingerprint density at radius 3 is 2.66 bits per heavy atom. The van der Waals surface area contributed by atoms with Gasteiger partial charge in [0.25, 0.3) is 0 Å². The standard InChI is InChI=1S/C24H29ClN4O3/c1-3-27-9-11-28(12-10-27)22-8-7-18(25)14-21(22)26-24(31)17-13-23(30)29(16-17)19-5-4-6-20(15-19)32-2/h4-8,14-15,17H,3,9-13,16H2,1-2H3,(H,26,31). The second kappa shape index (κ2) is 9.79. The summed E-state index contributed by atoms with van der Waals surface area (Å²) in [7, 11) is 1.59. The van der Waals surface area contributed by atoms with Gasteiger partial charge >= 0.3 is 0 Å². The average Bonchev–Trinajstić information content (AvgIpc) is 3.21. The van der Waals surface area contributed by atoms with Crippen molar-refractivity contribution in [3.63, 3.8) is 0 Å². The van der Waals surface area contributed by atoms with E-state index in [0.29, 0.717) is 23.0 Å². The normalized spacial score (nSPS) is 19.3. The average molecular weight is 457 g/mol. The molecule has 2 amide bonds. The van der Waals surface area contributed by atoms with Crippen LogP contribution < -0.4 is 19.9 Å². The molecule has 0 aliphatic carbocycles. The van der Waals surface area contributed by atoms with Crippen LogP contribution in [0.4, 0.5) is 17.1 Å². The third-order valence-corrected chi connectivity index (χ3v) is 6.47. The van der Waals surface area contributed by atoms with Gasteiger partial charge in [-0.3, -0.25) is 9.59 Å². The molecule has 0 spiro atoms. The third kappa shape index (κ3) is 4.84. The Balaban J connectivity index is 1.47. The molecule has 8 heteroatoms. The van der Waals surface area contributed by atoms with Gasteiger partial charge in [0.1, 0.15) is 5.75 Å². The lowest BCUT2D eigenvalue weighted by Gasteiger charge is -2.36. The smallest absolute Gasteiger partial charge is 0.229 e. The number of carbonyl (C=O) groups excluding carboxylic acids is 2. The maximum atomic E-state index is 13.1. The van der Waals surface area contributed by atoms with Crippen molar-refractivity contribution in [2.24, 2.45) is 5.92 Å². The van der Waals surface area contributed by atoms with Crippen molar-refractivity contribution in [3.8, 4) is 5.75 Å². The molecule has 7 nitrogen and oxygen atoms in total. The van der Waals surface area contributed by atoms with Crippen LogP contribution in [0.2, 0.25) is 5.02 Å². The van der Waals surface area contributed by atoms with Crippen molar-refractivity contribution in [2.45, 2.75) is 13.3 Å². The van der Waals surface area contributed by atoms with Crippen molar-refractivity contribution in [2.75, 3.05) is 61.5 Å². The minimum absolute atomic E-state index is 0.0691. The van der Waals surface area contributed by atoms with E-state index in [0.717, 1.165) is 44.1 Å². The van der Waals surface area contributed by atoms with E-state index in [2.05, 4.69) is 22.0 Å². The van der Waals surface area contributed by atoms with Gasteiger partial charge in [-0.05, 0) is 36.9 Å². The van der Waals surface area contributed by atoms with E-state index in [1.165, 1.54) is 0 Å². The van der Waals surface area contributed by atoms with Crippen molar-refractivity contribution >= 4 is 40.5 Å². The molecule has 2 fully saturated rings. The maximum absolute atomic E-state index is 13.1. The molecule has 32 heavy (non-hydrogen) atoms. The quantitative estimate of drug-likeness (QED) is 0.720. The van der Waals surface area contributed by atoms with Crippen LogP contribution in [-0.4, -0.2) is 63.1 Å². The van der Waals surface area contributed by atoms with E-state index < -0.39 is 5.92 Å². The predicted molar refractivity (Wildman–Crippen MR) is 128 cm³/mol. The molecular formula is C24H29ClN4O3. The van der Waals surface area contributed by atoms with Gasteiger partial charge < -0.3 is 24.8 Å². The molecular weight excluding hydrogens is 428 g/mol. The van der Waals surface area contributed by atoms with Crippen molar-refractivity contribution in [1.82, 2.24) is 4.90 Å². The van der Waals surface area contributed by atoms with Gasteiger partial charge in [-0.1, -0.05) is 24.6 Å². The highest BCUT2D eigenvalue weighted by Crippen LogP contribution is 2.32. The summed E-state index contributed by atoms with van der Waals surface area (Å²) < 4.78 is 5.26. The van der Waals surface area contributed by atoms with E-state index in [-0.39, 0.29) is 18.2 Å². The monoisotopic (exact) mass is 456 g/mol. The molecule has 0 aromatic heterocycles. The molecule has 2 saturated heterocycles. The van der Waals surface area contributed by atoms with Gasteiger partial charge in [0.15, 0.2) is 0 Å². The molecule has 0 radical (unpaired) electrons. The molecule has 1 unspecified atom stereocenters. The minimum atomic E-state index is -0.433. The van der Waals surface area contributed by atoms with Gasteiger partial charge in [0.05, 0.1) is 24.4 Å². The fraction of sp³-hybridized carbons (Fsp3) is 0.417. The summed E-state index contributed by atoms with van der Waals surface area (Å²) in [4.78, 5) is 32.1. The second-order valence-electron chi connectivity index (χ2n) is 8.18. The van der Waals surface area contributed by atoms with Crippen LogP contribution in [0, 0.1) is 5.92 Å². The fourth-order valence-corrected chi connectivity index (χ4v) is 4.51. The Kier molecular flexibility index (Phi) is 6.86. The molecule has 2 heterocycles. The highest BCUT2D eigenvalue weighted by atomic mass is 35.5. The summed E-state index contributed by atoms with van der Waals surface area (Å²) in [5.74, 6) is 0.00674. The molecule has 4 rings (SSSR count). The molecule has 1 atom stereocenters. The van der Waals surface area contributed by atoms with E-state index in [1.54, 1.807) is 18.1 Å². The van der Waals surface area contributed by atoms with E-state index in [1.807, 2.05) is 36.4 Å². The van der Waals surface area contributed by atoms with Gasteiger partial charge in [-0.15, -0.1) is 0 Å². The van der Waals surface area contributed by atoms with Crippen LogP contribution in [0.5, 0.6) is 5.75 Å². The number of benzene rings is 2. The highest BCUT2D eigenvalue weighted by Gasteiger charge is 2.35. The number of rotatable bonds is 6. The van der Waals surface area contributed by atoms with E-state index >= 15 is 0 Å². The van der Waals surface area contributed by atoms with Gasteiger partial charge in [0, 0.05) is 55.9 Å². The highest BCUT2D eigenvalue weighted by molar-refractivity contribution is 6.31. The van der Waals surface area contributed by atoms with Crippen molar-refractivity contribution < 1.29 is 14.3 Å². The van der Waals surface area contributed by atoms with Crippen LogP contribution in [-0.2, 0) is 9.59 Å². The first kappa shape index (κ1) is 22.4. The molecule has 0 bridgehead atoms. The maximum Gasteiger partial charge on any atom is 0.229 e. The molecule has 2 aliphatic rings. The number of likely N-dealkylation sites (N-methyl/N-ethyl adjacent to an activating group) is 1. The summed E-state index contributed by atoms with van der Waals surface area (Å²) in [5, 5.41) is 3.62. The number of nitrogens with one attached hydrogen (secondary N) is 1. The van der Waals surface area contributed by atoms with Gasteiger partial charge in [0.2, 0.25) is 11.8 Å². The summed E-state index contributed by atoms with van der Waals surface area (Å²) >= 11 is 6.25. The zero-order chi connectivity index (χ0) is 22.7. The summed E-state index contributed by atoms with van der Waals surface area (Å²) in [6.07, 6.45) is 0.175. The van der Waals surface area contributed by atoms with Crippen LogP contribution in [0.25, 0.3) is 0 Å². The van der Waals surface area contributed by atoms with Gasteiger partial charge in [-0.25, -0.2) is 0 Å². The Morgan fingerprint density at radius 2 is 1.94 bits per heavy atom. The molecule has 2 aromatic carbocycles. The first-order valence-corrected chi connectivity index (χ1v) is 11.4. The summed E-state index contributed by atoms with van der Waals surface area (Å²) in [5.41, 5.74) is 2.40. The van der Waals surface area contributed by atoms with Gasteiger partial charge in [-0.2, -0.15) is 0 Å². The lowest BCUT2D eigenvalue weighted by molar-refractivity contribution is -0.122. The number of carbonyl (C=O) groups is 2. The zero-order valence-electron chi connectivity index (χ0n) is 18.5. The molecule has 2 aromatic rings. The number of anilines is 3. The largest absolute Gasteiger partial charge is 0.497 e. The second-order valence-corrected chi connectivity index (χ2v) is 8.62. The Hall–Kier alpha value is -2.77. The summed E-state index contributed by atoms with van der Waals surface area (Å²) in [6, 6.07) is 12.9.